The molecule has 0 aliphatic heterocycles. The zero-order valence-corrected chi connectivity index (χ0v) is 15.0. The van der Waals surface area contributed by atoms with Gasteiger partial charge in [-0.2, -0.15) is 0 Å². The van der Waals surface area contributed by atoms with E-state index >= 15 is 0 Å². The molecule has 0 atom stereocenters. The molecule has 0 N–H and O–H groups in total. The van der Waals surface area contributed by atoms with Crippen LogP contribution in [0.4, 0.5) is 0 Å². The largest absolute Gasteiger partial charge is 0.293 e. The maximum atomic E-state index is 12.3. The molecule has 1 saturated carbocycles. The summed E-state index contributed by atoms with van der Waals surface area (Å²) in [5.41, 5.74) is 2.08. The van der Waals surface area contributed by atoms with Gasteiger partial charge in [-0.1, -0.05) is 62.2 Å². The van der Waals surface area contributed by atoms with Gasteiger partial charge in [0, 0.05) is 5.56 Å². The molecule has 1 aliphatic carbocycles. The van der Waals surface area contributed by atoms with Gasteiger partial charge in [-0.15, -0.1) is 5.10 Å². The van der Waals surface area contributed by atoms with Crippen LogP contribution in [0.2, 0.25) is 0 Å². The van der Waals surface area contributed by atoms with Crippen molar-refractivity contribution in [2.75, 3.05) is 5.75 Å². The van der Waals surface area contributed by atoms with E-state index in [1.807, 2.05) is 16.8 Å². The zero-order chi connectivity index (χ0) is 16.8. The Morgan fingerprint density at radius 1 is 1.21 bits per heavy atom. The predicted molar refractivity (Wildman–Crippen MR) is 95.4 cm³/mol. The third-order valence-corrected chi connectivity index (χ3v) is 5.22. The molecule has 0 amide bonds. The van der Waals surface area contributed by atoms with Gasteiger partial charge in [-0.3, -0.25) is 4.79 Å². The number of hydrogen-bond donors (Lipinski definition) is 0. The second kappa shape index (κ2) is 8.42. The number of benzene rings is 1. The van der Waals surface area contributed by atoms with E-state index in [4.69, 9.17) is 0 Å². The highest BCUT2D eigenvalue weighted by molar-refractivity contribution is 7.99. The van der Waals surface area contributed by atoms with Crippen molar-refractivity contribution in [3.8, 4) is 0 Å². The molecule has 5 nitrogen and oxygen atoms in total. The summed E-state index contributed by atoms with van der Waals surface area (Å²) in [6.07, 6.45) is 8.42. The molecule has 0 spiro atoms. The number of tetrazole rings is 1. The van der Waals surface area contributed by atoms with Crippen LogP contribution in [0.1, 0.15) is 67.4 Å². The fraction of sp³-hybridized carbons (Fsp3) is 0.556. The van der Waals surface area contributed by atoms with E-state index in [1.54, 1.807) is 0 Å². The van der Waals surface area contributed by atoms with Crippen molar-refractivity contribution >= 4 is 17.5 Å². The summed E-state index contributed by atoms with van der Waals surface area (Å²) >= 11 is 1.43. The minimum Gasteiger partial charge on any atom is -0.293 e. The molecule has 0 unspecified atom stereocenters. The lowest BCUT2D eigenvalue weighted by Crippen LogP contribution is -2.05. The predicted octanol–water partition coefficient (Wildman–Crippen LogP) is 4.11. The first-order chi connectivity index (χ1) is 11.8. The highest BCUT2D eigenvalue weighted by atomic mass is 32.2. The summed E-state index contributed by atoms with van der Waals surface area (Å²) in [4.78, 5) is 12.3. The van der Waals surface area contributed by atoms with Crippen LogP contribution in [0.15, 0.2) is 29.4 Å². The standard InChI is InChI=1S/C18H24N4OS/c1-2-3-4-5-6-14-7-9-15(10-8-14)17(23)13-24-18-19-20-21-22(18)16-11-12-16/h7-10,16H,2-6,11-13H2,1H3. The number of aromatic nitrogens is 4. The number of carbonyl (C=O) groups is 1. The molecule has 0 saturated heterocycles. The fourth-order valence-corrected chi connectivity index (χ4v) is 3.49. The van der Waals surface area contributed by atoms with E-state index in [1.165, 1.54) is 43.0 Å². The maximum absolute atomic E-state index is 12.3. The van der Waals surface area contributed by atoms with Gasteiger partial charge in [0.2, 0.25) is 5.16 Å². The monoisotopic (exact) mass is 344 g/mol. The number of carbonyl (C=O) groups excluding carboxylic acids is 1. The summed E-state index contributed by atoms with van der Waals surface area (Å²) in [5, 5.41) is 12.5. The molecule has 2 aromatic rings. The van der Waals surface area contributed by atoms with Crippen molar-refractivity contribution in [3.63, 3.8) is 0 Å². The Hall–Kier alpha value is -1.69. The first-order valence-electron chi connectivity index (χ1n) is 8.80. The molecule has 6 heteroatoms. The SMILES string of the molecule is CCCCCCc1ccc(C(=O)CSc2nnnn2C2CC2)cc1. The van der Waals surface area contributed by atoms with Gasteiger partial charge in [0.1, 0.15) is 0 Å². The van der Waals surface area contributed by atoms with Crippen LogP contribution < -0.4 is 0 Å². The summed E-state index contributed by atoms with van der Waals surface area (Å²) in [6, 6.07) is 8.49. The summed E-state index contributed by atoms with van der Waals surface area (Å²) in [5.74, 6) is 0.506. The van der Waals surface area contributed by atoms with Crippen LogP contribution in [-0.4, -0.2) is 31.7 Å². The van der Waals surface area contributed by atoms with Gasteiger partial charge in [0.25, 0.3) is 0 Å². The molecular weight excluding hydrogens is 320 g/mol. The molecule has 0 radical (unpaired) electrons. The lowest BCUT2D eigenvalue weighted by atomic mass is 10.0. The minimum atomic E-state index is 0.128. The number of Topliss-reactive ketones (excluding diaryl/α,β-unsaturated/α-hetero) is 1. The van der Waals surface area contributed by atoms with Crippen LogP contribution in [0, 0.1) is 0 Å². The zero-order valence-electron chi connectivity index (χ0n) is 14.1. The van der Waals surface area contributed by atoms with Crippen LogP contribution in [0.3, 0.4) is 0 Å². The van der Waals surface area contributed by atoms with E-state index in [9.17, 15) is 4.79 Å². The molecule has 24 heavy (non-hydrogen) atoms. The van der Waals surface area contributed by atoms with Crippen molar-refractivity contribution in [1.82, 2.24) is 20.2 Å². The van der Waals surface area contributed by atoms with Crippen LogP contribution in [0.25, 0.3) is 0 Å². The molecule has 1 aliphatic rings. The first kappa shape index (κ1) is 17.1. The quantitative estimate of drug-likeness (QED) is 0.369. The van der Waals surface area contributed by atoms with E-state index in [-0.39, 0.29) is 5.78 Å². The van der Waals surface area contributed by atoms with Gasteiger partial charge >= 0.3 is 0 Å². The van der Waals surface area contributed by atoms with E-state index in [2.05, 4.69) is 34.6 Å². The molecule has 128 valence electrons. The van der Waals surface area contributed by atoms with Crippen LogP contribution in [0.5, 0.6) is 0 Å². The maximum Gasteiger partial charge on any atom is 0.210 e. The molecule has 1 aromatic heterocycles. The molecule has 0 bridgehead atoms. The topological polar surface area (TPSA) is 60.7 Å². The van der Waals surface area contributed by atoms with Crippen molar-refractivity contribution in [2.45, 2.75) is 63.1 Å². The van der Waals surface area contributed by atoms with Crippen molar-refractivity contribution < 1.29 is 4.79 Å². The fourth-order valence-electron chi connectivity index (χ4n) is 2.66. The smallest absolute Gasteiger partial charge is 0.210 e. The number of nitrogens with zero attached hydrogens (tertiary/aromatic N) is 4. The minimum absolute atomic E-state index is 0.128. The second-order valence-electron chi connectivity index (χ2n) is 6.36. The second-order valence-corrected chi connectivity index (χ2v) is 7.30. The van der Waals surface area contributed by atoms with Gasteiger partial charge < -0.3 is 0 Å². The normalized spacial score (nSPS) is 14.0. The Morgan fingerprint density at radius 3 is 2.71 bits per heavy atom. The Balaban J connectivity index is 1.48. The molecule has 3 rings (SSSR count). The molecular formula is C18H24N4OS. The summed E-state index contributed by atoms with van der Waals surface area (Å²) in [6.45, 7) is 2.22. The van der Waals surface area contributed by atoms with E-state index < -0.39 is 0 Å². The number of thioether (sulfide) groups is 1. The number of rotatable bonds is 10. The highest BCUT2D eigenvalue weighted by Crippen LogP contribution is 2.36. The first-order valence-corrected chi connectivity index (χ1v) is 9.79. The van der Waals surface area contributed by atoms with Crippen LogP contribution >= 0.6 is 11.8 Å². The summed E-state index contributed by atoms with van der Waals surface area (Å²) in [7, 11) is 0. The number of ketones is 1. The number of aryl methyl sites for hydroxylation is 1. The third kappa shape index (κ3) is 4.66. The lowest BCUT2D eigenvalue weighted by molar-refractivity contribution is 0.102. The van der Waals surface area contributed by atoms with Crippen molar-refractivity contribution in [1.29, 1.82) is 0 Å². The third-order valence-electron chi connectivity index (χ3n) is 4.28. The molecule has 1 heterocycles. The van der Waals surface area contributed by atoms with Gasteiger partial charge in [0.05, 0.1) is 11.8 Å². The van der Waals surface area contributed by atoms with Crippen molar-refractivity contribution in [3.05, 3.63) is 35.4 Å². The lowest BCUT2D eigenvalue weighted by Gasteiger charge is -2.04. The molecule has 1 aromatic carbocycles. The summed E-state index contributed by atoms with van der Waals surface area (Å²) < 4.78 is 1.84. The van der Waals surface area contributed by atoms with Gasteiger partial charge in [0.15, 0.2) is 5.78 Å². The van der Waals surface area contributed by atoms with Crippen molar-refractivity contribution in [2.24, 2.45) is 0 Å². The average molecular weight is 344 g/mol. The highest BCUT2D eigenvalue weighted by Gasteiger charge is 2.28. The Kier molecular flexibility index (Phi) is 6.01. The number of unbranched alkanes of at least 4 members (excludes halogenated alkanes) is 3. The molecule has 1 fully saturated rings. The van der Waals surface area contributed by atoms with Crippen LogP contribution in [-0.2, 0) is 6.42 Å². The Bertz CT molecular complexity index is 664. The average Bonchev–Trinajstić information content (AvgIpc) is 3.35. The van der Waals surface area contributed by atoms with E-state index in [0.29, 0.717) is 11.8 Å². The Labute approximate surface area is 147 Å². The number of hydrogen-bond acceptors (Lipinski definition) is 5. The van der Waals surface area contributed by atoms with Gasteiger partial charge in [-0.25, -0.2) is 4.68 Å². The van der Waals surface area contributed by atoms with E-state index in [0.717, 1.165) is 30.0 Å². The Morgan fingerprint density at radius 2 is 2.00 bits per heavy atom. The van der Waals surface area contributed by atoms with Gasteiger partial charge in [-0.05, 0) is 41.7 Å².